The monoisotopic (exact) mass is 280 g/mol. The molecule has 2 N–H and O–H groups in total. The van der Waals surface area contributed by atoms with Crippen LogP contribution in [0.15, 0.2) is 0 Å². The molecule has 2 atom stereocenters. The molecule has 0 aliphatic heterocycles. The molecule has 0 saturated heterocycles. The fraction of sp³-hybridized carbons (Fsp3) is 1.00. The van der Waals surface area contributed by atoms with E-state index in [1.807, 2.05) is 0 Å². The standard InChI is InChI=1S/C18H36N2/c1-4-16-8-7-11-18(12-16,14-19)20(13-15(2)3)17-9-5-6-10-17/h15-17H,4-14,19H2,1-3H3. The van der Waals surface area contributed by atoms with Gasteiger partial charge in [0.25, 0.3) is 0 Å². The molecule has 20 heavy (non-hydrogen) atoms. The Labute approximate surface area is 126 Å². The van der Waals surface area contributed by atoms with Gasteiger partial charge in [-0.25, -0.2) is 0 Å². The van der Waals surface area contributed by atoms with E-state index in [0.717, 1.165) is 24.4 Å². The maximum absolute atomic E-state index is 6.36. The van der Waals surface area contributed by atoms with Gasteiger partial charge in [-0.2, -0.15) is 0 Å². The summed E-state index contributed by atoms with van der Waals surface area (Å²) in [5.74, 6) is 1.66. The molecule has 2 unspecified atom stereocenters. The molecule has 0 aromatic rings. The fourth-order valence-electron chi connectivity index (χ4n) is 4.71. The lowest BCUT2D eigenvalue weighted by Gasteiger charge is -2.51. The predicted molar refractivity (Wildman–Crippen MR) is 87.8 cm³/mol. The molecule has 2 aliphatic rings. The molecule has 0 aromatic carbocycles. The van der Waals surface area contributed by atoms with Crippen molar-refractivity contribution in [3.8, 4) is 0 Å². The van der Waals surface area contributed by atoms with Crippen molar-refractivity contribution in [1.82, 2.24) is 4.90 Å². The van der Waals surface area contributed by atoms with Gasteiger partial charge in [0.15, 0.2) is 0 Å². The van der Waals surface area contributed by atoms with E-state index >= 15 is 0 Å². The van der Waals surface area contributed by atoms with Crippen LogP contribution >= 0.6 is 0 Å². The van der Waals surface area contributed by atoms with Crippen LogP contribution in [0.2, 0.25) is 0 Å². The highest BCUT2D eigenvalue weighted by molar-refractivity contribution is 5.00. The van der Waals surface area contributed by atoms with Gasteiger partial charge in [0.1, 0.15) is 0 Å². The van der Waals surface area contributed by atoms with Crippen LogP contribution in [0.25, 0.3) is 0 Å². The smallest absolute Gasteiger partial charge is 0.0337 e. The third-order valence-electron chi connectivity index (χ3n) is 5.82. The number of nitrogens with two attached hydrogens (primary N) is 1. The summed E-state index contributed by atoms with van der Waals surface area (Å²) in [6.07, 6.45) is 12.5. The number of hydrogen-bond donors (Lipinski definition) is 1. The van der Waals surface area contributed by atoms with Crippen LogP contribution in [-0.4, -0.2) is 29.6 Å². The molecule has 0 amide bonds. The van der Waals surface area contributed by atoms with Crippen molar-refractivity contribution in [3.63, 3.8) is 0 Å². The minimum Gasteiger partial charge on any atom is -0.329 e. The molecule has 118 valence electrons. The Balaban J connectivity index is 2.17. The van der Waals surface area contributed by atoms with E-state index in [1.54, 1.807) is 0 Å². The van der Waals surface area contributed by atoms with Crippen molar-refractivity contribution in [2.75, 3.05) is 13.1 Å². The van der Waals surface area contributed by atoms with Gasteiger partial charge in [-0.3, -0.25) is 4.90 Å². The number of rotatable bonds is 6. The van der Waals surface area contributed by atoms with Crippen LogP contribution in [-0.2, 0) is 0 Å². The third-order valence-corrected chi connectivity index (χ3v) is 5.82. The van der Waals surface area contributed by atoms with Crippen molar-refractivity contribution in [1.29, 1.82) is 0 Å². The lowest BCUT2D eigenvalue weighted by molar-refractivity contribution is -0.00568. The number of hydrogen-bond acceptors (Lipinski definition) is 2. The van der Waals surface area contributed by atoms with Crippen molar-refractivity contribution in [2.24, 2.45) is 17.6 Å². The summed E-state index contributed by atoms with van der Waals surface area (Å²) in [5, 5.41) is 0. The molecule has 0 aromatic heterocycles. The third kappa shape index (κ3) is 3.57. The van der Waals surface area contributed by atoms with E-state index in [-0.39, 0.29) is 0 Å². The Morgan fingerprint density at radius 2 is 1.85 bits per heavy atom. The zero-order chi connectivity index (χ0) is 14.6. The van der Waals surface area contributed by atoms with Gasteiger partial charge >= 0.3 is 0 Å². The first-order chi connectivity index (χ1) is 9.61. The van der Waals surface area contributed by atoms with E-state index in [9.17, 15) is 0 Å². The van der Waals surface area contributed by atoms with E-state index in [1.165, 1.54) is 64.3 Å². The Hall–Kier alpha value is -0.0800. The van der Waals surface area contributed by atoms with Gasteiger partial charge < -0.3 is 5.73 Å². The highest BCUT2D eigenvalue weighted by atomic mass is 15.2. The number of nitrogens with zero attached hydrogens (tertiary/aromatic N) is 1. The minimum absolute atomic E-state index is 0.318. The van der Waals surface area contributed by atoms with E-state index in [0.29, 0.717) is 5.54 Å². The average Bonchev–Trinajstić information content (AvgIpc) is 2.98. The van der Waals surface area contributed by atoms with Gasteiger partial charge in [-0.15, -0.1) is 0 Å². The SMILES string of the molecule is CCC1CCCC(CN)(N(CC(C)C)C2CCCC2)C1. The van der Waals surface area contributed by atoms with Crippen LogP contribution < -0.4 is 5.73 Å². The van der Waals surface area contributed by atoms with E-state index < -0.39 is 0 Å². The second kappa shape index (κ2) is 7.26. The topological polar surface area (TPSA) is 29.3 Å². The lowest BCUT2D eigenvalue weighted by Crippen LogP contribution is -2.60. The first-order valence-electron chi connectivity index (χ1n) is 9.08. The Bertz CT molecular complexity index is 283. The van der Waals surface area contributed by atoms with Gasteiger partial charge in [0, 0.05) is 24.7 Å². The molecule has 2 saturated carbocycles. The second-order valence-corrected chi connectivity index (χ2v) is 7.78. The summed E-state index contributed by atoms with van der Waals surface area (Å²) >= 11 is 0. The van der Waals surface area contributed by atoms with Gasteiger partial charge in [-0.1, -0.05) is 52.9 Å². The predicted octanol–water partition coefficient (Wildman–Crippen LogP) is 4.18. The molecule has 0 heterocycles. The molecule has 2 aliphatic carbocycles. The lowest BCUT2D eigenvalue weighted by atomic mass is 9.72. The van der Waals surface area contributed by atoms with Gasteiger partial charge in [0.05, 0.1) is 0 Å². The molecule has 0 bridgehead atoms. The van der Waals surface area contributed by atoms with Crippen molar-refractivity contribution >= 4 is 0 Å². The summed E-state index contributed by atoms with van der Waals surface area (Å²) in [6.45, 7) is 9.21. The van der Waals surface area contributed by atoms with Crippen LogP contribution in [0, 0.1) is 11.8 Å². The molecule has 0 spiro atoms. The Morgan fingerprint density at radius 3 is 2.40 bits per heavy atom. The summed E-state index contributed by atoms with van der Waals surface area (Å²) < 4.78 is 0. The summed E-state index contributed by atoms with van der Waals surface area (Å²) in [7, 11) is 0. The van der Waals surface area contributed by atoms with E-state index in [2.05, 4.69) is 25.7 Å². The molecular weight excluding hydrogens is 244 g/mol. The Kier molecular flexibility index (Phi) is 5.92. The summed E-state index contributed by atoms with van der Waals surface area (Å²) in [5.41, 5.74) is 6.68. The van der Waals surface area contributed by atoms with E-state index in [4.69, 9.17) is 5.73 Å². The molecule has 2 nitrogen and oxygen atoms in total. The average molecular weight is 281 g/mol. The summed E-state index contributed by atoms with van der Waals surface area (Å²) in [6, 6.07) is 0.816. The Morgan fingerprint density at radius 1 is 1.15 bits per heavy atom. The maximum atomic E-state index is 6.36. The zero-order valence-electron chi connectivity index (χ0n) is 14.0. The second-order valence-electron chi connectivity index (χ2n) is 7.78. The van der Waals surface area contributed by atoms with Crippen molar-refractivity contribution < 1.29 is 0 Å². The van der Waals surface area contributed by atoms with Crippen LogP contribution in [0.3, 0.4) is 0 Å². The highest BCUT2D eigenvalue weighted by Crippen LogP contribution is 2.41. The van der Waals surface area contributed by atoms with Crippen LogP contribution in [0.1, 0.15) is 78.6 Å². The molecule has 0 radical (unpaired) electrons. The van der Waals surface area contributed by atoms with Crippen LogP contribution in [0.4, 0.5) is 0 Å². The van der Waals surface area contributed by atoms with Crippen molar-refractivity contribution in [3.05, 3.63) is 0 Å². The summed E-state index contributed by atoms with van der Waals surface area (Å²) in [4.78, 5) is 2.88. The van der Waals surface area contributed by atoms with Gasteiger partial charge in [-0.05, 0) is 37.5 Å². The molecule has 2 heteroatoms. The first kappa shape index (κ1) is 16.3. The maximum Gasteiger partial charge on any atom is 0.0337 e. The minimum atomic E-state index is 0.318. The zero-order valence-corrected chi connectivity index (χ0v) is 14.0. The molecule has 2 fully saturated rings. The highest BCUT2D eigenvalue weighted by Gasteiger charge is 2.43. The fourth-order valence-corrected chi connectivity index (χ4v) is 4.71. The molecular formula is C18H36N2. The van der Waals surface area contributed by atoms with Crippen LogP contribution in [0.5, 0.6) is 0 Å². The van der Waals surface area contributed by atoms with Crippen molar-refractivity contribution in [2.45, 2.75) is 90.1 Å². The molecule has 2 rings (SSSR count). The normalized spacial score (nSPS) is 32.4. The largest absolute Gasteiger partial charge is 0.329 e. The first-order valence-corrected chi connectivity index (χ1v) is 9.08. The quantitative estimate of drug-likeness (QED) is 0.790. The van der Waals surface area contributed by atoms with Gasteiger partial charge in [0.2, 0.25) is 0 Å².